The average molecular weight is 253 g/mol. The molecule has 4 heteroatoms. The van der Waals surface area contributed by atoms with E-state index >= 15 is 0 Å². The zero-order chi connectivity index (χ0) is 13.8. The van der Waals surface area contributed by atoms with E-state index in [-0.39, 0.29) is 17.6 Å². The third-order valence-corrected chi connectivity index (χ3v) is 3.05. The standard InChI is InChI=1S/C14H27N3O/c1-6-10-17-11(8-9-16-17)12(15)13(18-7-2)14(3,4)5/h8-9,12-13H,6-7,10,15H2,1-5H3. The Morgan fingerprint density at radius 2 is 2.06 bits per heavy atom. The number of nitrogens with two attached hydrogens (primary N) is 1. The fraction of sp³-hybridized carbons (Fsp3) is 0.786. The Labute approximate surface area is 111 Å². The molecule has 1 heterocycles. The van der Waals surface area contributed by atoms with Gasteiger partial charge >= 0.3 is 0 Å². The summed E-state index contributed by atoms with van der Waals surface area (Å²) in [5.74, 6) is 0. The van der Waals surface area contributed by atoms with Crippen molar-refractivity contribution in [2.45, 2.75) is 59.7 Å². The average Bonchev–Trinajstić information content (AvgIpc) is 2.72. The number of hydrogen-bond donors (Lipinski definition) is 1. The molecule has 0 aliphatic rings. The van der Waals surface area contributed by atoms with Crippen LogP contribution in [0, 0.1) is 5.41 Å². The minimum atomic E-state index is -0.140. The van der Waals surface area contributed by atoms with Gasteiger partial charge in [-0.15, -0.1) is 0 Å². The van der Waals surface area contributed by atoms with E-state index in [1.165, 1.54) is 0 Å². The van der Waals surface area contributed by atoms with Crippen LogP contribution in [0.25, 0.3) is 0 Å². The smallest absolute Gasteiger partial charge is 0.0830 e. The summed E-state index contributed by atoms with van der Waals surface area (Å²) in [7, 11) is 0. The van der Waals surface area contributed by atoms with Crippen LogP contribution in [0.5, 0.6) is 0 Å². The van der Waals surface area contributed by atoms with Gasteiger partial charge in [0.1, 0.15) is 0 Å². The number of aromatic nitrogens is 2. The molecule has 104 valence electrons. The predicted molar refractivity (Wildman–Crippen MR) is 74.3 cm³/mol. The zero-order valence-electron chi connectivity index (χ0n) is 12.3. The van der Waals surface area contributed by atoms with Crippen LogP contribution >= 0.6 is 0 Å². The molecule has 0 fully saturated rings. The molecule has 4 nitrogen and oxygen atoms in total. The third kappa shape index (κ3) is 3.56. The molecule has 0 saturated heterocycles. The van der Waals surface area contributed by atoms with E-state index in [1.54, 1.807) is 0 Å². The fourth-order valence-corrected chi connectivity index (χ4v) is 2.25. The molecule has 1 aromatic rings. The lowest BCUT2D eigenvalue weighted by atomic mass is 9.83. The van der Waals surface area contributed by atoms with Crippen molar-refractivity contribution in [2.75, 3.05) is 6.61 Å². The fourth-order valence-electron chi connectivity index (χ4n) is 2.25. The third-order valence-electron chi connectivity index (χ3n) is 3.05. The summed E-state index contributed by atoms with van der Waals surface area (Å²) in [5.41, 5.74) is 7.47. The summed E-state index contributed by atoms with van der Waals surface area (Å²) >= 11 is 0. The van der Waals surface area contributed by atoms with Crippen molar-refractivity contribution in [1.82, 2.24) is 9.78 Å². The monoisotopic (exact) mass is 253 g/mol. The molecule has 2 N–H and O–H groups in total. The van der Waals surface area contributed by atoms with E-state index < -0.39 is 0 Å². The molecule has 1 aromatic heterocycles. The van der Waals surface area contributed by atoms with Crippen LogP contribution < -0.4 is 5.73 Å². The van der Waals surface area contributed by atoms with Crippen LogP contribution in [-0.2, 0) is 11.3 Å². The van der Waals surface area contributed by atoms with Gasteiger partial charge in [-0.3, -0.25) is 4.68 Å². The van der Waals surface area contributed by atoms with E-state index in [0.717, 1.165) is 18.7 Å². The molecule has 18 heavy (non-hydrogen) atoms. The first kappa shape index (κ1) is 15.2. The van der Waals surface area contributed by atoms with Gasteiger partial charge in [0, 0.05) is 19.3 Å². The van der Waals surface area contributed by atoms with E-state index in [2.05, 4.69) is 32.8 Å². The van der Waals surface area contributed by atoms with Gasteiger partial charge in [0.2, 0.25) is 0 Å². The lowest BCUT2D eigenvalue weighted by molar-refractivity contribution is -0.0299. The molecule has 0 amide bonds. The Morgan fingerprint density at radius 1 is 1.39 bits per heavy atom. The van der Waals surface area contributed by atoms with Crippen molar-refractivity contribution in [3.63, 3.8) is 0 Å². The van der Waals surface area contributed by atoms with Gasteiger partial charge in [-0.05, 0) is 24.8 Å². The summed E-state index contributed by atoms with van der Waals surface area (Å²) in [6, 6.07) is 1.86. The van der Waals surface area contributed by atoms with E-state index in [0.29, 0.717) is 6.61 Å². The van der Waals surface area contributed by atoms with Gasteiger partial charge in [0.05, 0.1) is 17.8 Å². The predicted octanol–water partition coefficient (Wildman–Crippen LogP) is 2.74. The van der Waals surface area contributed by atoms with Crippen molar-refractivity contribution in [3.05, 3.63) is 18.0 Å². The topological polar surface area (TPSA) is 53.1 Å². The molecule has 0 spiro atoms. The molecule has 0 bridgehead atoms. The number of hydrogen-bond acceptors (Lipinski definition) is 3. The maximum absolute atomic E-state index is 6.40. The van der Waals surface area contributed by atoms with Crippen LogP contribution in [0.2, 0.25) is 0 Å². The van der Waals surface area contributed by atoms with Gasteiger partial charge in [-0.1, -0.05) is 27.7 Å². The summed E-state index contributed by atoms with van der Waals surface area (Å²) in [4.78, 5) is 0. The van der Waals surface area contributed by atoms with E-state index in [4.69, 9.17) is 10.5 Å². The molecule has 2 atom stereocenters. The summed E-state index contributed by atoms with van der Waals surface area (Å²) in [5, 5.41) is 4.33. The zero-order valence-corrected chi connectivity index (χ0v) is 12.3. The SMILES string of the molecule is CCCn1nccc1C(N)C(OCC)C(C)(C)C. The Morgan fingerprint density at radius 3 is 2.56 bits per heavy atom. The molecule has 0 aromatic carbocycles. The van der Waals surface area contributed by atoms with E-state index in [1.807, 2.05) is 23.9 Å². The quantitative estimate of drug-likeness (QED) is 0.848. The van der Waals surface area contributed by atoms with Crippen molar-refractivity contribution >= 4 is 0 Å². The lowest BCUT2D eigenvalue weighted by Gasteiger charge is -2.35. The first-order chi connectivity index (χ1) is 8.41. The molecule has 2 unspecified atom stereocenters. The van der Waals surface area contributed by atoms with Gasteiger partial charge in [0.25, 0.3) is 0 Å². The second-order valence-electron chi connectivity index (χ2n) is 5.75. The molecular weight excluding hydrogens is 226 g/mol. The molecule has 0 aliphatic carbocycles. The summed E-state index contributed by atoms with van der Waals surface area (Å²) in [6.45, 7) is 12.2. The number of rotatable bonds is 6. The summed E-state index contributed by atoms with van der Waals surface area (Å²) in [6.07, 6.45) is 2.86. The number of aryl methyl sites for hydroxylation is 1. The number of ether oxygens (including phenoxy) is 1. The second-order valence-corrected chi connectivity index (χ2v) is 5.75. The van der Waals surface area contributed by atoms with Gasteiger partial charge < -0.3 is 10.5 Å². The second kappa shape index (κ2) is 6.34. The highest BCUT2D eigenvalue weighted by Crippen LogP contribution is 2.31. The van der Waals surface area contributed by atoms with Gasteiger partial charge in [0.15, 0.2) is 0 Å². The maximum atomic E-state index is 6.40. The molecular formula is C14H27N3O. The van der Waals surface area contributed by atoms with Gasteiger partial charge in [-0.25, -0.2) is 0 Å². The van der Waals surface area contributed by atoms with Crippen molar-refractivity contribution in [2.24, 2.45) is 11.1 Å². The van der Waals surface area contributed by atoms with Crippen LogP contribution in [0.3, 0.4) is 0 Å². The van der Waals surface area contributed by atoms with Crippen LogP contribution in [0.15, 0.2) is 12.3 Å². The van der Waals surface area contributed by atoms with Gasteiger partial charge in [-0.2, -0.15) is 5.10 Å². The minimum Gasteiger partial charge on any atom is -0.376 e. The van der Waals surface area contributed by atoms with E-state index in [9.17, 15) is 0 Å². The Kier molecular flexibility index (Phi) is 5.35. The van der Waals surface area contributed by atoms with Crippen LogP contribution in [0.1, 0.15) is 52.8 Å². The molecule has 1 rings (SSSR count). The Bertz CT molecular complexity index is 354. The largest absolute Gasteiger partial charge is 0.376 e. The molecule has 0 radical (unpaired) electrons. The maximum Gasteiger partial charge on any atom is 0.0830 e. The molecule has 0 saturated carbocycles. The highest BCUT2D eigenvalue weighted by atomic mass is 16.5. The molecule has 0 aliphatic heterocycles. The first-order valence-corrected chi connectivity index (χ1v) is 6.80. The van der Waals surface area contributed by atoms with Crippen molar-refractivity contribution in [3.8, 4) is 0 Å². The Balaban J connectivity index is 2.94. The normalized spacial score (nSPS) is 15.7. The number of nitrogens with zero attached hydrogens (tertiary/aromatic N) is 2. The highest BCUT2D eigenvalue weighted by Gasteiger charge is 2.33. The Hall–Kier alpha value is -0.870. The van der Waals surface area contributed by atoms with Crippen LogP contribution in [-0.4, -0.2) is 22.5 Å². The lowest BCUT2D eigenvalue weighted by Crippen LogP contribution is -2.40. The first-order valence-electron chi connectivity index (χ1n) is 6.80. The minimum absolute atomic E-state index is 0.00481. The highest BCUT2D eigenvalue weighted by molar-refractivity contribution is 5.10. The van der Waals surface area contributed by atoms with Crippen LogP contribution in [0.4, 0.5) is 0 Å². The van der Waals surface area contributed by atoms with Crippen molar-refractivity contribution in [1.29, 1.82) is 0 Å². The van der Waals surface area contributed by atoms with Crippen molar-refractivity contribution < 1.29 is 4.74 Å². The summed E-state index contributed by atoms with van der Waals surface area (Å²) < 4.78 is 7.85.